The molecule has 0 unspecified atom stereocenters. The van der Waals surface area contributed by atoms with E-state index in [-0.39, 0.29) is 12.0 Å². The van der Waals surface area contributed by atoms with E-state index in [1.807, 2.05) is 32.0 Å². The number of rotatable bonds is 4. The minimum Gasteiger partial charge on any atom is -0.489 e. The third-order valence-electron chi connectivity index (χ3n) is 2.49. The molecule has 0 aliphatic rings. The minimum absolute atomic E-state index is 0.0374. The molecule has 1 aromatic carbocycles. The van der Waals surface area contributed by atoms with Crippen LogP contribution in [0.1, 0.15) is 30.0 Å². The fourth-order valence-electron chi connectivity index (χ4n) is 1.63. The second-order valence-corrected chi connectivity index (χ2v) is 4.41. The third-order valence-corrected chi connectivity index (χ3v) is 2.49. The topological polar surface area (TPSA) is 64.4 Å². The Morgan fingerprint density at radius 1 is 1.37 bits per heavy atom. The molecule has 1 aromatic heterocycles. The summed E-state index contributed by atoms with van der Waals surface area (Å²) in [5.41, 5.74) is 1.04. The van der Waals surface area contributed by atoms with E-state index in [4.69, 9.17) is 9.26 Å². The molecular weight excluding hydrogens is 244 g/mol. The molecule has 0 bridgehead atoms. The number of aryl methyl sites for hydroxylation is 1. The Kier molecular flexibility index (Phi) is 3.85. The maximum atomic E-state index is 12.1. The van der Waals surface area contributed by atoms with Crippen molar-refractivity contribution in [2.75, 3.05) is 5.32 Å². The van der Waals surface area contributed by atoms with Gasteiger partial charge in [-0.1, -0.05) is 17.3 Å². The van der Waals surface area contributed by atoms with Gasteiger partial charge in [0.05, 0.1) is 18.0 Å². The smallest absolute Gasteiger partial charge is 0.260 e. The zero-order valence-electron chi connectivity index (χ0n) is 11.1. The van der Waals surface area contributed by atoms with Crippen LogP contribution in [0.5, 0.6) is 5.75 Å². The lowest BCUT2D eigenvalue weighted by molar-refractivity contribution is 0.102. The molecule has 5 nitrogen and oxygen atoms in total. The van der Waals surface area contributed by atoms with Gasteiger partial charge in [-0.15, -0.1) is 0 Å². The quantitative estimate of drug-likeness (QED) is 0.917. The van der Waals surface area contributed by atoms with Crippen LogP contribution in [0.4, 0.5) is 5.69 Å². The Bertz CT molecular complexity index is 576. The Morgan fingerprint density at radius 2 is 2.11 bits per heavy atom. The number of carbonyl (C=O) groups is 1. The highest BCUT2D eigenvalue weighted by Gasteiger charge is 2.15. The SMILES string of the molecule is Cc1oncc1C(=O)Nc1ccccc1OC(C)C. The van der Waals surface area contributed by atoms with Crippen molar-refractivity contribution in [1.82, 2.24) is 5.16 Å². The highest BCUT2D eigenvalue weighted by molar-refractivity contribution is 6.05. The van der Waals surface area contributed by atoms with Gasteiger partial charge in [-0.25, -0.2) is 0 Å². The average molecular weight is 260 g/mol. The normalized spacial score (nSPS) is 10.5. The van der Waals surface area contributed by atoms with E-state index in [0.29, 0.717) is 22.8 Å². The molecule has 1 heterocycles. The summed E-state index contributed by atoms with van der Waals surface area (Å²) in [6.07, 6.45) is 1.44. The fourth-order valence-corrected chi connectivity index (χ4v) is 1.63. The number of anilines is 1. The Labute approximate surface area is 111 Å². The number of nitrogens with one attached hydrogen (secondary N) is 1. The van der Waals surface area contributed by atoms with E-state index < -0.39 is 0 Å². The van der Waals surface area contributed by atoms with Crippen molar-refractivity contribution in [3.8, 4) is 5.75 Å². The van der Waals surface area contributed by atoms with Gasteiger partial charge in [0.25, 0.3) is 5.91 Å². The Balaban J connectivity index is 2.19. The molecule has 1 N–H and O–H groups in total. The highest BCUT2D eigenvalue weighted by atomic mass is 16.5. The van der Waals surface area contributed by atoms with Crippen LogP contribution in [0, 0.1) is 6.92 Å². The monoisotopic (exact) mass is 260 g/mol. The molecule has 1 amide bonds. The molecule has 0 fully saturated rings. The number of hydrogen-bond donors (Lipinski definition) is 1. The lowest BCUT2D eigenvalue weighted by atomic mass is 10.2. The van der Waals surface area contributed by atoms with Gasteiger partial charge in [0, 0.05) is 0 Å². The molecule has 5 heteroatoms. The van der Waals surface area contributed by atoms with Crippen LogP contribution >= 0.6 is 0 Å². The standard InChI is InChI=1S/C14H16N2O3/c1-9(2)18-13-7-5-4-6-12(13)16-14(17)11-8-15-19-10(11)3/h4-9H,1-3H3,(H,16,17). The number of amides is 1. The van der Waals surface area contributed by atoms with Gasteiger partial charge in [0.2, 0.25) is 0 Å². The van der Waals surface area contributed by atoms with Crippen molar-refractivity contribution in [3.63, 3.8) is 0 Å². The van der Waals surface area contributed by atoms with E-state index in [2.05, 4.69) is 10.5 Å². The maximum Gasteiger partial charge on any atom is 0.260 e. The Morgan fingerprint density at radius 3 is 2.74 bits per heavy atom. The average Bonchev–Trinajstić information content (AvgIpc) is 2.77. The number of ether oxygens (including phenoxy) is 1. The molecule has 100 valence electrons. The zero-order valence-corrected chi connectivity index (χ0v) is 11.1. The van der Waals surface area contributed by atoms with Crippen molar-refractivity contribution in [2.45, 2.75) is 26.9 Å². The second kappa shape index (κ2) is 5.56. The molecule has 0 spiro atoms. The van der Waals surface area contributed by atoms with Gasteiger partial charge in [-0.3, -0.25) is 4.79 Å². The van der Waals surface area contributed by atoms with E-state index >= 15 is 0 Å². The summed E-state index contributed by atoms with van der Waals surface area (Å²) in [7, 11) is 0. The summed E-state index contributed by atoms with van der Waals surface area (Å²) in [6.45, 7) is 5.56. The molecule has 0 aliphatic carbocycles. The van der Waals surface area contributed by atoms with Crippen molar-refractivity contribution in [1.29, 1.82) is 0 Å². The van der Waals surface area contributed by atoms with Crippen LogP contribution in [0.3, 0.4) is 0 Å². The van der Waals surface area contributed by atoms with Crippen LogP contribution < -0.4 is 10.1 Å². The Hall–Kier alpha value is -2.30. The first-order chi connectivity index (χ1) is 9.08. The van der Waals surface area contributed by atoms with Gasteiger partial charge in [0.15, 0.2) is 0 Å². The molecule has 0 saturated carbocycles. The van der Waals surface area contributed by atoms with Gasteiger partial charge >= 0.3 is 0 Å². The number of carbonyl (C=O) groups excluding carboxylic acids is 1. The minimum atomic E-state index is -0.265. The van der Waals surface area contributed by atoms with Gasteiger partial charge < -0.3 is 14.6 Å². The van der Waals surface area contributed by atoms with Crippen LogP contribution in [-0.4, -0.2) is 17.2 Å². The summed E-state index contributed by atoms with van der Waals surface area (Å²) >= 11 is 0. The van der Waals surface area contributed by atoms with Crippen molar-refractivity contribution < 1.29 is 14.1 Å². The summed E-state index contributed by atoms with van der Waals surface area (Å²) in [5.74, 6) is 0.860. The first-order valence-electron chi connectivity index (χ1n) is 6.06. The van der Waals surface area contributed by atoms with Crippen molar-refractivity contribution >= 4 is 11.6 Å². The number of nitrogens with zero attached hydrogens (tertiary/aromatic N) is 1. The summed E-state index contributed by atoms with van der Waals surface area (Å²) in [4.78, 5) is 12.1. The van der Waals surface area contributed by atoms with Crippen molar-refractivity contribution in [3.05, 3.63) is 41.8 Å². The van der Waals surface area contributed by atoms with Gasteiger partial charge in [-0.2, -0.15) is 0 Å². The fraction of sp³-hybridized carbons (Fsp3) is 0.286. The van der Waals surface area contributed by atoms with E-state index in [0.717, 1.165) is 0 Å². The summed E-state index contributed by atoms with van der Waals surface area (Å²) < 4.78 is 10.5. The molecule has 0 saturated heterocycles. The van der Waals surface area contributed by atoms with Crippen LogP contribution in [0.15, 0.2) is 35.0 Å². The number of hydrogen-bond acceptors (Lipinski definition) is 4. The maximum absolute atomic E-state index is 12.1. The highest BCUT2D eigenvalue weighted by Crippen LogP contribution is 2.25. The lowest BCUT2D eigenvalue weighted by Crippen LogP contribution is -2.14. The van der Waals surface area contributed by atoms with E-state index in [1.54, 1.807) is 13.0 Å². The van der Waals surface area contributed by atoms with Gasteiger partial charge in [-0.05, 0) is 32.9 Å². The molecule has 0 aliphatic heterocycles. The lowest BCUT2D eigenvalue weighted by Gasteiger charge is -2.14. The van der Waals surface area contributed by atoms with Crippen LogP contribution in [-0.2, 0) is 0 Å². The zero-order chi connectivity index (χ0) is 13.8. The first kappa shape index (κ1) is 13.1. The molecule has 2 rings (SSSR count). The molecular formula is C14H16N2O3. The molecule has 2 aromatic rings. The number of benzene rings is 1. The van der Waals surface area contributed by atoms with Crippen LogP contribution in [0.25, 0.3) is 0 Å². The molecule has 19 heavy (non-hydrogen) atoms. The van der Waals surface area contributed by atoms with Crippen molar-refractivity contribution in [2.24, 2.45) is 0 Å². The predicted octanol–water partition coefficient (Wildman–Crippen LogP) is 3.02. The summed E-state index contributed by atoms with van der Waals surface area (Å²) in [6, 6.07) is 7.30. The van der Waals surface area contributed by atoms with Gasteiger partial charge in [0.1, 0.15) is 17.1 Å². The second-order valence-electron chi connectivity index (χ2n) is 4.41. The number of aromatic nitrogens is 1. The van der Waals surface area contributed by atoms with E-state index in [1.165, 1.54) is 6.20 Å². The molecule has 0 atom stereocenters. The summed E-state index contributed by atoms with van der Waals surface area (Å²) in [5, 5.41) is 6.38. The first-order valence-corrected chi connectivity index (χ1v) is 6.06. The predicted molar refractivity (Wildman–Crippen MR) is 71.4 cm³/mol. The van der Waals surface area contributed by atoms with Crippen LogP contribution in [0.2, 0.25) is 0 Å². The largest absolute Gasteiger partial charge is 0.489 e. The number of para-hydroxylation sites is 2. The third kappa shape index (κ3) is 3.13. The molecule has 0 radical (unpaired) electrons. The van der Waals surface area contributed by atoms with E-state index in [9.17, 15) is 4.79 Å².